The summed E-state index contributed by atoms with van der Waals surface area (Å²) in [6.07, 6.45) is 0. The fourth-order valence-corrected chi connectivity index (χ4v) is 1.51. The molecule has 0 fully saturated rings. The van der Waals surface area contributed by atoms with Gasteiger partial charge in [0.2, 0.25) is 0 Å². The summed E-state index contributed by atoms with van der Waals surface area (Å²) in [7, 11) is 3.35. The third-order valence-electron chi connectivity index (χ3n) is 2.45. The van der Waals surface area contributed by atoms with Crippen LogP contribution in [0.3, 0.4) is 0 Å². The predicted molar refractivity (Wildman–Crippen MR) is 64.7 cm³/mol. The number of methoxy groups -OCH3 is 2. The summed E-state index contributed by atoms with van der Waals surface area (Å²) in [5, 5.41) is 3.33. The van der Waals surface area contributed by atoms with Crippen LogP contribution < -0.4 is 15.8 Å². The van der Waals surface area contributed by atoms with Crippen LogP contribution >= 0.6 is 0 Å². The molecule has 1 aromatic carbocycles. The Bertz CT molecular complexity index is 288. The summed E-state index contributed by atoms with van der Waals surface area (Å²) in [4.78, 5) is 0. The normalized spacial score (nSPS) is 12.4. The van der Waals surface area contributed by atoms with E-state index >= 15 is 0 Å². The first kappa shape index (κ1) is 13.0. The quantitative estimate of drug-likeness (QED) is 0.677. The number of rotatable bonds is 7. The van der Waals surface area contributed by atoms with Crippen LogP contribution in [0.5, 0.6) is 5.75 Å². The fraction of sp³-hybridized carbons (Fsp3) is 0.500. The number of benzene rings is 1. The zero-order valence-electron chi connectivity index (χ0n) is 9.90. The minimum absolute atomic E-state index is 0.168. The minimum Gasteiger partial charge on any atom is -0.497 e. The summed E-state index contributed by atoms with van der Waals surface area (Å²) >= 11 is 0. The Morgan fingerprint density at radius 3 is 2.44 bits per heavy atom. The first-order chi connectivity index (χ1) is 7.81. The maximum absolute atomic E-state index is 5.72. The van der Waals surface area contributed by atoms with Crippen molar-refractivity contribution in [1.29, 1.82) is 0 Å². The Labute approximate surface area is 96.7 Å². The summed E-state index contributed by atoms with van der Waals surface area (Å²) in [6, 6.07) is 8.10. The number of hydrogen-bond acceptors (Lipinski definition) is 4. The van der Waals surface area contributed by atoms with Crippen molar-refractivity contribution in [3.8, 4) is 5.75 Å². The second-order valence-corrected chi connectivity index (χ2v) is 3.51. The van der Waals surface area contributed by atoms with Gasteiger partial charge >= 0.3 is 0 Å². The Morgan fingerprint density at radius 2 is 1.94 bits per heavy atom. The van der Waals surface area contributed by atoms with Crippen LogP contribution in [0.2, 0.25) is 0 Å². The number of hydrogen-bond donors (Lipinski definition) is 2. The molecule has 90 valence electrons. The number of nitrogens with two attached hydrogens (primary N) is 1. The molecule has 1 atom stereocenters. The van der Waals surface area contributed by atoms with Gasteiger partial charge in [-0.3, -0.25) is 0 Å². The molecular weight excluding hydrogens is 204 g/mol. The van der Waals surface area contributed by atoms with Gasteiger partial charge in [0, 0.05) is 26.2 Å². The molecule has 4 nitrogen and oxygen atoms in total. The van der Waals surface area contributed by atoms with Crippen molar-refractivity contribution < 1.29 is 9.47 Å². The Hall–Kier alpha value is -1.10. The van der Waals surface area contributed by atoms with Crippen molar-refractivity contribution in [2.75, 3.05) is 33.9 Å². The highest BCUT2D eigenvalue weighted by Crippen LogP contribution is 2.16. The lowest BCUT2D eigenvalue weighted by molar-refractivity contribution is 0.196. The van der Waals surface area contributed by atoms with E-state index < -0.39 is 0 Å². The van der Waals surface area contributed by atoms with Gasteiger partial charge in [-0.25, -0.2) is 0 Å². The second kappa shape index (κ2) is 7.22. The fourth-order valence-electron chi connectivity index (χ4n) is 1.51. The molecule has 3 N–H and O–H groups in total. The lowest BCUT2D eigenvalue weighted by Gasteiger charge is -2.17. The van der Waals surface area contributed by atoms with Crippen LogP contribution in [-0.2, 0) is 4.74 Å². The van der Waals surface area contributed by atoms with E-state index in [4.69, 9.17) is 15.2 Å². The van der Waals surface area contributed by atoms with Gasteiger partial charge in [0.15, 0.2) is 0 Å². The summed E-state index contributed by atoms with van der Waals surface area (Å²) in [6.45, 7) is 2.05. The molecule has 0 aromatic heterocycles. The molecule has 0 aliphatic carbocycles. The van der Waals surface area contributed by atoms with Crippen molar-refractivity contribution in [1.82, 2.24) is 5.32 Å². The Kier molecular flexibility index (Phi) is 5.85. The van der Waals surface area contributed by atoms with Gasteiger partial charge in [-0.05, 0) is 17.7 Å². The van der Waals surface area contributed by atoms with Gasteiger partial charge in [-0.15, -0.1) is 0 Å². The molecule has 1 aromatic rings. The van der Waals surface area contributed by atoms with Crippen LogP contribution in [0.15, 0.2) is 24.3 Å². The molecule has 0 aliphatic heterocycles. The molecule has 0 saturated heterocycles. The standard InChI is InChI=1S/C12H20N2O2/c1-15-8-7-14-12(9-13)10-3-5-11(16-2)6-4-10/h3-6,12,14H,7-9,13H2,1-2H3. The molecule has 1 unspecified atom stereocenters. The molecule has 0 saturated carbocycles. The van der Waals surface area contributed by atoms with Crippen LogP contribution in [0.25, 0.3) is 0 Å². The van der Waals surface area contributed by atoms with Crippen LogP contribution in [0, 0.1) is 0 Å². The number of ether oxygens (including phenoxy) is 2. The highest BCUT2D eigenvalue weighted by atomic mass is 16.5. The lowest BCUT2D eigenvalue weighted by Crippen LogP contribution is -2.30. The van der Waals surface area contributed by atoms with Gasteiger partial charge in [0.25, 0.3) is 0 Å². The zero-order valence-corrected chi connectivity index (χ0v) is 9.90. The highest BCUT2D eigenvalue weighted by Gasteiger charge is 2.08. The SMILES string of the molecule is COCCNC(CN)c1ccc(OC)cc1. The molecule has 0 aliphatic rings. The molecule has 16 heavy (non-hydrogen) atoms. The molecule has 0 heterocycles. The van der Waals surface area contributed by atoms with E-state index in [-0.39, 0.29) is 6.04 Å². The van der Waals surface area contributed by atoms with Crippen molar-refractivity contribution in [2.45, 2.75) is 6.04 Å². The maximum Gasteiger partial charge on any atom is 0.118 e. The Balaban J connectivity index is 2.56. The first-order valence-corrected chi connectivity index (χ1v) is 5.38. The lowest BCUT2D eigenvalue weighted by atomic mass is 10.1. The van der Waals surface area contributed by atoms with Crippen LogP contribution in [-0.4, -0.2) is 33.9 Å². The van der Waals surface area contributed by atoms with E-state index in [0.717, 1.165) is 12.3 Å². The molecule has 0 radical (unpaired) electrons. The van der Waals surface area contributed by atoms with Gasteiger partial charge < -0.3 is 20.5 Å². The van der Waals surface area contributed by atoms with Gasteiger partial charge in [-0.1, -0.05) is 12.1 Å². The summed E-state index contributed by atoms with van der Waals surface area (Å²) in [5.41, 5.74) is 6.89. The topological polar surface area (TPSA) is 56.5 Å². The average Bonchev–Trinajstić information content (AvgIpc) is 2.35. The van der Waals surface area contributed by atoms with E-state index in [1.54, 1.807) is 14.2 Å². The average molecular weight is 224 g/mol. The summed E-state index contributed by atoms with van der Waals surface area (Å²) < 4.78 is 10.1. The van der Waals surface area contributed by atoms with E-state index in [2.05, 4.69) is 5.32 Å². The van der Waals surface area contributed by atoms with Gasteiger partial charge in [-0.2, -0.15) is 0 Å². The van der Waals surface area contributed by atoms with Gasteiger partial charge in [0.1, 0.15) is 5.75 Å². The maximum atomic E-state index is 5.72. The van der Waals surface area contributed by atoms with Crippen molar-refractivity contribution >= 4 is 0 Å². The first-order valence-electron chi connectivity index (χ1n) is 5.38. The van der Waals surface area contributed by atoms with E-state index in [9.17, 15) is 0 Å². The van der Waals surface area contributed by atoms with Crippen molar-refractivity contribution in [2.24, 2.45) is 5.73 Å². The zero-order chi connectivity index (χ0) is 11.8. The molecule has 1 rings (SSSR count). The third-order valence-corrected chi connectivity index (χ3v) is 2.45. The minimum atomic E-state index is 0.168. The van der Waals surface area contributed by atoms with E-state index in [1.807, 2.05) is 24.3 Å². The largest absolute Gasteiger partial charge is 0.497 e. The summed E-state index contributed by atoms with van der Waals surface area (Å²) in [5.74, 6) is 0.858. The number of nitrogens with one attached hydrogen (secondary N) is 1. The smallest absolute Gasteiger partial charge is 0.118 e. The molecule has 0 spiro atoms. The molecular formula is C12H20N2O2. The van der Waals surface area contributed by atoms with Gasteiger partial charge in [0.05, 0.1) is 13.7 Å². The molecule has 0 amide bonds. The van der Waals surface area contributed by atoms with Crippen LogP contribution in [0.4, 0.5) is 0 Å². The monoisotopic (exact) mass is 224 g/mol. The van der Waals surface area contributed by atoms with Crippen molar-refractivity contribution in [3.05, 3.63) is 29.8 Å². The van der Waals surface area contributed by atoms with E-state index in [0.29, 0.717) is 13.2 Å². The van der Waals surface area contributed by atoms with Crippen LogP contribution in [0.1, 0.15) is 11.6 Å². The third kappa shape index (κ3) is 3.81. The van der Waals surface area contributed by atoms with E-state index in [1.165, 1.54) is 5.56 Å². The van der Waals surface area contributed by atoms with Crippen molar-refractivity contribution in [3.63, 3.8) is 0 Å². The highest BCUT2D eigenvalue weighted by molar-refractivity contribution is 5.29. The second-order valence-electron chi connectivity index (χ2n) is 3.51. The Morgan fingerprint density at radius 1 is 1.25 bits per heavy atom. The molecule has 0 bridgehead atoms. The predicted octanol–water partition coefficient (Wildman–Crippen LogP) is 0.931. The molecule has 4 heteroatoms.